The molecule has 0 fully saturated rings. The Bertz CT molecular complexity index is 905. The van der Waals surface area contributed by atoms with Gasteiger partial charge in [0.1, 0.15) is 5.69 Å². The summed E-state index contributed by atoms with van der Waals surface area (Å²) in [5.41, 5.74) is 5.75. The zero-order chi connectivity index (χ0) is 16.9. The van der Waals surface area contributed by atoms with E-state index in [4.69, 9.17) is 0 Å². The van der Waals surface area contributed by atoms with Crippen LogP contribution in [0.4, 0.5) is 0 Å². The molecule has 0 aliphatic heterocycles. The molecule has 0 spiro atoms. The summed E-state index contributed by atoms with van der Waals surface area (Å²) >= 11 is 0. The third-order valence-electron chi connectivity index (χ3n) is 4.57. The fraction of sp³-hybridized carbons (Fsp3) is 0.300. The third-order valence-corrected chi connectivity index (χ3v) is 4.57. The average molecular weight is 319 g/mol. The molecule has 1 aromatic heterocycles. The molecule has 3 aromatic rings. The van der Waals surface area contributed by atoms with Crippen molar-refractivity contribution in [3.05, 3.63) is 59.7 Å². The quantitative estimate of drug-likeness (QED) is 0.682. The van der Waals surface area contributed by atoms with Gasteiger partial charge >= 0.3 is 0 Å². The van der Waals surface area contributed by atoms with Gasteiger partial charge in [0.25, 0.3) is 0 Å². The number of rotatable bonds is 0. The van der Waals surface area contributed by atoms with Gasteiger partial charge in [-0.25, -0.2) is 4.68 Å². The second-order valence-electron chi connectivity index (χ2n) is 7.33. The van der Waals surface area contributed by atoms with Crippen molar-refractivity contribution in [3.8, 4) is 22.5 Å². The van der Waals surface area contributed by atoms with Crippen molar-refractivity contribution in [2.75, 3.05) is 0 Å². The minimum absolute atomic E-state index is 0.202. The van der Waals surface area contributed by atoms with Gasteiger partial charge in [0.2, 0.25) is 0 Å². The van der Waals surface area contributed by atoms with E-state index >= 15 is 0 Å². The predicted octanol–water partition coefficient (Wildman–Crippen LogP) is 3.96. The molecule has 0 amide bonds. The van der Waals surface area contributed by atoms with Crippen LogP contribution >= 0.6 is 0 Å². The van der Waals surface area contributed by atoms with Gasteiger partial charge in [-0.1, -0.05) is 53.7 Å². The first-order valence-corrected chi connectivity index (χ1v) is 8.28. The number of hydrogen-bond acceptors (Lipinski definition) is 3. The molecular formula is C20H21N3O. The fourth-order valence-electron chi connectivity index (χ4n) is 3.43. The first-order chi connectivity index (χ1) is 11.5. The average Bonchev–Trinajstić information content (AvgIpc) is 2.99. The van der Waals surface area contributed by atoms with E-state index in [1.165, 1.54) is 0 Å². The minimum atomic E-state index is -0.543. The van der Waals surface area contributed by atoms with Gasteiger partial charge in [0.15, 0.2) is 0 Å². The molecule has 0 radical (unpaired) electrons. The number of nitrogens with zero attached hydrogens (tertiary/aromatic N) is 3. The Balaban J connectivity index is 2.12. The van der Waals surface area contributed by atoms with Crippen LogP contribution in [0.2, 0.25) is 0 Å². The lowest BCUT2D eigenvalue weighted by molar-refractivity contribution is 0.179. The van der Waals surface area contributed by atoms with Crippen LogP contribution in [0.5, 0.6) is 0 Å². The molecule has 4 nitrogen and oxygen atoms in total. The van der Waals surface area contributed by atoms with Gasteiger partial charge < -0.3 is 5.11 Å². The van der Waals surface area contributed by atoms with Crippen molar-refractivity contribution in [2.45, 2.75) is 38.8 Å². The highest BCUT2D eigenvalue weighted by Crippen LogP contribution is 2.41. The van der Waals surface area contributed by atoms with E-state index in [9.17, 15) is 5.11 Å². The van der Waals surface area contributed by atoms with Gasteiger partial charge in [-0.15, -0.1) is 5.10 Å². The molecule has 0 saturated carbocycles. The van der Waals surface area contributed by atoms with E-state index in [0.29, 0.717) is 6.42 Å². The molecule has 24 heavy (non-hydrogen) atoms. The summed E-state index contributed by atoms with van der Waals surface area (Å²) in [7, 11) is 0. The summed E-state index contributed by atoms with van der Waals surface area (Å²) in [5.74, 6) is 0. The van der Waals surface area contributed by atoms with E-state index in [-0.39, 0.29) is 5.54 Å². The van der Waals surface area contributed by atoms with Crippen LogP contribution in [0.15, 0.2) is 48.5 Å². The van der Waals surface area contributed by atoms with Crippen molar-refractivity contribution in [1.82, 2.24) is 15.0 Å². The van der Waals surface area contributed by atoms with E-state index in [1.807, 2.05) is 35.0 Å². The molecule has 1 unspecified atom stereocenters. The summed E-state index contributed by atoms with van der Waals surface area (Å²) < 4.78 is 1.97. The Morgan fingerprint density at radius 3 is 2.42 bits per heavy atom. The Hall–Kier alpha value is -2.46. The Labute approximate surface area is 141 Å². The normalized spacial score (nSPS) is 16.6. The van der Waals surface area contributed by atoms with Crippen molar-refractivity contribution in [2.24, 2.45) is 0 Å². The molecule has 1 heterocycles. The van der Waals surface area contributed by atoms with Crippen LogP contribution in [-0.4, -0.2) is 20.1 Å². The molecule has 1 atom stereocenters. The second kappa shape index (κ2) is 5.28. The zero-order valence-electron chi connectivity index (χ0n) is 14.2. The highest BCUT2D eigenvalue weighted by molar-refractivity contribution is 5.82. The fourth-order valence-corrected chi connectivity index (χ4v) is 3.43. The SMILES string of the molecule is CC(C)(C)n1nnc2c1-c1ccccc1C(O)Cc1ccccc1-2. The van der Waals surface area contributed by atoms with Crippen LogP contribution in [0.25, 0.3) is 22.5 Å². The first-order valence-electron chi connectivity index (χ1n) is 8.28. The lowest BCUT2D eigenvalue weighted by Crippen LogP contribution is -2.24. The Morgan fingerprint density at radius 2 is 1.67 bits per heavy atom. The molecule has 122 valence electrons. The number of fused-ring (bicyclic) bond motifs is 5. The second-order valence-corrected chi connectivity index (χ2v) is 7.33. The monoisotopic (exact) mass is 319 g/mol. The van der Waals surface area contributed by atoms with E-state index in [1.54, 1.807) is 0 Å². The van der Waals surface area contributed by atoms with Gasteiger partial charge in [0, 0.05) is 17.5 Å². The summed E-state index contributed by atoms with van der Waals surface area (Å²) in [4.78, 5) is 0. The van der Waals surface area contributed by atoms with Gasteiger partial charge in [0.05, 0.1) is 17.3 Å². The molecule has 0 saturated heterocycles. The van der Waals surface area contributed by atoms with Crippen molar-refractivity contribution in [3.63, 3.8) is 0 Å². The molecule has 1 N–H and O–H groups in total. The lowest BCUT2D eigenvalue weighted by atomic mass is 9.87. The highest BCUT2D eigenvalue weighted by Gasteiger charge is 2.30. The summed E-state index contributed by atoms with van der Waals surface area (Å²) in [5, 5.41) is 19.8. The van der Waals surface area contributed by atoms with Crippen LogP contribution in [0.3, 0.4) is 0 Å². The molecule has 2 aromatic carbocycles. The van der Waals surface area contributed by atoms with Crippen molar-refractivity contribution in [1.29, 1.82) is 0 Å². The van der Waals surface area contributed by atoms with Crippen LogP contribution in [-0.2, 0) is 12.0 Å². The zero-order valence-corrected chi connectivity index (χ0v) is 14.2. The van der Waals surface area contributed by atoms with Gasteiger partial charge in [-0.05, 0) is 31.9 Å². The maximum atomic E-state index is 10.8. The smallest absolute Gasteiger partial charge is 0.121 e. The third kappa shape index (κ3) is 2.26. The summed E-state index contributed by atoms with van der Waals surface area (Å²) in [6, 6.07) is 16.2. The van der Waals surface area contributed by atoms with Crippen molar-refractivity contribution >= 4 is 0 Å². The number of hydrogen-bond donors (Lipinski definition) is 1. The van der Waals surface area contributed by atoms with Crippen LogP contribution in [0, 0.1) is 0 Å². The van der Waals surface area contributed by atoms with Gasteiger partial charge in [-0.3, -0.25) is 0 Å². The van der Waals surface area contributed by atoms with E-state index in [2.05, 4.69) is 49.3 Å². The largest absolute Gasteiger partial charge is 0.388 e. The predicted molar refractivity (Wildman–Crippen MR) is 94.6 cm³/mol. The van der Waals surface area contributed by atoms with Crippen LogP contribution < -0.4 is 0 Å². The minimum Gasteiger partial charge on any atom is -0.388 e. The molecule has 0 bridgehead atoms. The van der Waals surface area contributed by atoms with E-state index in [0.717, 1.165) is 33.6 Å². The summed E-state index contributed by atoms with van der Waals surface area (Å²) in [6.45, 7) is 6.35. The maximum Gasteiger partial charge on any atom is 0.121 e. The van der Waals surface area contributed by atoms with Gasteiger partial charge in [-0.2, -0.15) is 0 Å². The Morgan fingerprint density at radius 1 is 1.00 bits per heavy atom. The lowest BCUT2D eigenvalue weighted by Gasteiger charge is -2.26. The van der Waals surface area contributed by atoms with Crippen LogP contribution in [0.1, 0.15) is 38.0 Å². The summed E-state index contributed by atoms with van der Waals surface area (Å²) in [6.07, 6.45) is 0.0356. The molecule has 4 heteroatoms. The number of aliphatic hydroxyl groups excluding tert-OH is 1. The molecule has 1 aliphatic carbocycles. The first kappa shape index (κ1) is 15.1. The number of aromatic nitrogens is 3. The number of benzene rings is 2. The highest BCUT2D eigenvalue weighted by atomic mass is 16.3. The Kier molecular flexibility index (Phi) is 3.32. The van der Waals surface area contributed by atoms with Crippen molar-refractivity contribution < 1.29 is 5.11 Å². The topological polar surface area (TPSA) is 50.9 Å². The number of aliphatic hydroxyl groups is 1. The molecule has 1 aliphatic rings. The standard InChI is InChI=1S/C20H21N3O/c1-20(2,3)23-19-16-11-7-6-10-15(16)17(24)12-13-8-4-5-9-14(13)18(19)21-22-23/h4-11,17,24H,12H2,1-3H3. The molecular weight excluding hydrogens is 298 g/mol. The van der Waals surface area contributed by atoms with E-state index < -0.39 is 6.10 Å². The molecule has 4 rings (SSSR count). The maximum absolute atomic E-state index is 10.8.